The molecule has 3 rings (SSSR count). The third-order valence-corrected chi connectivity index (χ3v) is 5.49. The molecular formula is C20H31N5O2. The molecule has 2 aliphatic rings. The van der Waals surface area contributed by atoms with Crippen molar-refractivity contribution in [2.45, 2.75) is 32.7 Å². The van der Waals surface area contributed by atoms with Crippen LogP contribution in [0, 0.1) is 5.92 Å². The highest BCUT2D eigenvalue weighted by atomic mass is 16.2. The fraction of sp³-hybridized carbons (Fsp3) is 0.650. The summed E-state index contributed by atoms with van der Waals surface area (Å²) in [6, 6.07) is 3.96. The van der Waals surface area contributed by atoms with Gasteiger partial charge in [0.15, 0.2) is 0 Å². The Morgan fingerprint density at radius 2 is 2.07 bits per heavy atom. The summed E-state index contributed by atoms with van der Waals surface area (Å²) in [6.45, 7) is 7.75. The molecule has 1 atom stereocenters. The van der Waals surface area contributed by atoms with Gasteiger partial charge in [0.1, 0.15) is 5.82 Å². The van der Waals surface area contributed by atoms with Crippen molar-refractivity contribution in [2.24, 2.45) is 5.92 Å². The molecule has 27 heavy (non-hydrogen) atoms. The van der Waals surface area contributed by atoms with E-state index in [0.29, 0.717) is 25.9 Å². The maximum atomic E-state index is 12.7. The van der Waals surface area contributed by atoms with Crippen molar-refractivity contribution in [2.75, 3.05) is 51.2 Å². The Labute approximate surface area is 161 Å². The van der Waals surface area contributed by atoms with Gasteiger partial charge in [0.25, 0.3) is 0 Å². The third-order valence-electron chi connectivity index (χ3n) is 5.49. The second kappa shape index (κ2) is 9.17. The monoisotopic (exact) mass is 373 g/mol. The van der Waals surface area contributed by atoms with Crippen LogP contribution in [-0.4, -0.2) is 72.9 Å². The van der Waals surface area contributed by atoms with E-state index in [1.165, 1.54) is 0 Å². The lowest BCUT2D eigenvalue weighted by molar-refractivity contribution is -0.138. The lowest BCUT2D eigenvalue weighted by Crippen LogP contribution is -2.46. The third kappa shape index (κ3) is 4.97. The van der Waals surface area contributed by atoms with Crippen molar-refractivity contribution in [3.8, 4) is 0 Å². The summed E-state index contributed by atoms with van der Waals surface area (Å²) in [5.74, 6) is 1.07. The summed E-state index contributed by atoms with van der Waals surface area (Å²) < 4.78 is 0. The maximum absolute atomic E-state index is 12.7. The molecule has 1 aromatic heterocycles. The van der Waals surface area contributed by atoms with Gasteiger partial charge in [-0.25, -0.2) is 4.98 Å². The summed E-state index contributed by atoms with van der Waals surface area (Å²) in [4.78, 5) is 35.6. The van der Waals surface area contributed by atoms with E-state index in [-0.39, 0.29) is 17.7 Å². The molecule has 0 radical (unpaired) electrons. The molecule has 2 aliphatic heterocycles. The van der Waals surface area contributed by atoms with Gasteiger partial charge in [-0.3, -0.25) is 9.59 Å². The SMILES string of the molecule is CCCN1C[C@@H](C(=O)NCc2cccnc2N2CCN(C)CC2)CCC1=O. The molecule has 1 aromatic rings. The van der Waals surface area contributed by atoms with Crippen LogP contribution in [0.15, 0.2) is 18.3 Å². The average molecular weight is 374 g/mol. The number of pyridine rings is 1. The number of likely N-dealkylation sites (tertiary alicyclic amines) is 1. The Balaban J connectivity index is 1.58. The minimum absolute atomic E-state index is 0.0387. The number of anilines is 1. The summed E-state index contributed by atoms with van der Waals surface area (Å²) in [5.41, 5.74) is 1.05. The number of hydrogen-bond acceptors (Lipinski definition) is 5. The van der Waals surface area contributed by atoms with Gasteiger partial charge in [-0.15, -0.1) is 0 Å². The summed E-state index contributed by atoms with van der Waals surface area (Å²) in [5, 5.41) is 3.08. The largest absolute Gasteiger partial charge is 0.354 e. The number of piperazine rings is 1. The summed E-state index contributed by atoms with van der Waals surface area (Å²) in [7, 11) is 2.13. The highest BCUT2D eigenvalue weighted by Crippen LogP contribution is 2.21. The topological polar surface area (TPSA) is 68.8 Å². The zero-order chi connectivity index (χ0) is 19.2. The molecule has 1 N–H and O–H groups in total. The van der Waals surface area contributed by atoms with Crippen molar-refractivity contribution in [1.82, 2.24) is 20.1 Å². The normalized spacial score (nSPS) is 21.4. The number of hydrogen-bond donors (Lipinski definition) is 1. The minimum atomic E-state index is -0.113. The molecule has 0 saturated carbocycles. The number of carbonyl (C=O) groups is 2. The first-order valence-electron chi connectivity index (χ1n) is 10.0. The molecular weight excluding hydrogens is 342 g/mol. The van der Waals surface area contributed by atoms with Crippen LogP contribution < -0.4 is 10.2 Å². The van der Waals surface area contributed by atoms with Gasteiger partial charge in [0.2, 0.25) is 11.8 Å². The second-order valence-corrected chi connectivity index (χ2v) is 7.57. The van der Waals surface area contributed by atoms with Crippen molar-refractivity contribution in [1.29, 1.82) is 0 Å². The fourth-order valence-electron chi connectivity index (χ4n) is 3.81. The van der Waals surface area contributed by atoms with Gasteiger partial charge in [0.05, 0.1) is 5.92 Å². The predicted octanol–water partition coefficient (Wildman–Crippen LogP) is 1.10. The zero-order valence-electron chi connectivity index (χ0n) is 16.5. The standard InChI is InChI=1S/C20H31N5O2/c1-3-9-25-15-17(6-7-18(25)26)20(27)22-14-16-5-4-8-21-19(16)24-12-10-23(2)11-13-24/h4-5,8,17H,3,6-7,9-15H2,1-2H3,(H,22,27)/t17-/m0/s1. The number of aromatic nitrogens is 1. The second-order valence-electron chi connectivity index (χ2n) is 7.57. The van der Waals surface area contributed by atoms with E-state index < -0.39 is 0 Å². The fourth-order valence-corrected chi connectivity index (χ4v) is 3.81. The molecule has 2 fully saturated rings. The molecule has 0 aliphatic carbocycles. The molecule has 2 saturated heterocycles. The van der Waals surface area contributed by atoms with Crippen LogP contribution in [0.1, 0.15) is 31.7 Å². The molecule has 3 heterocycles. The van der Waals surface area contributed by atoms with Gasteiger partial charge >= 0.3 is 0 Å². The van der Waals surface area contributed by atoms with Crippen LogP contribution in [0.25, 0.3) is 0 Å². The zero-order valence-corrected chi connectivity index (χ0v) is 16.5. The lowest BCUT2D eigenvalue weighted by Gasteiger charge is -2.34. The molecule has 0 unspecified atom stereocenters. The number of rotatable bonds is 6. The van der Waals surface area contributed by atoms with Crippen molar-refractivity contribution < 1.29 is 9.59 Å². The summed E-state index contributed by atoms with van der Waals surface area (Å²) in [6.07, 6.45) is 3.85. The van der Waals surface area contributed by atoms with Crippen molar-refractivity contribution >= 4 is 17.6 Å². The van der Waals surface area contributed by atoms with Crippen LogP contribution in [0.5, 0.6) is 0 Å². The first kappa shape index (κ1) is 19.6. The molecule has 148 valence electrons. The predicted molar refractivity (Wildman–Crippen MR) is 105 cm³/mol. The van der Waals surface area contributed by atoms with E-state index in [1.54, 1.807) is 0 Å². The van der Waals surface area contributed by atoms with Crippen LogP contribution in [0.2, 0.25) is 0 Å². The number of amides is 2. The minimum Gasteiger partial charge on any atom is -0.354 e. The Bertz CT molecular complexity index is 658. The van der Waals surface area contributed by atoms with E-state index in [4.69, 9.17) is 0 Å². The number of carbonyl (C=O) groups excluding carboxylic acids is 2. The van der Waals surface area contributed by atoms with E-state index in [0.717, 1.165) is 50.5 Å². The summed E-state index contributed by atoms with van der Waals surface area (Å²) >= 11 is 0. The maximum Gasteiger partial charge on any atom is 0.225 e. The quantitative estimate of drug-likeness (QED) is 0.809. The van der Waals surface area contributed by atoms with Crippen molar-refractivity contribution in [3.63, 3.8) is 0 Å². The Morgan fingerprint density at radius 1 is 1.30 bits per heavy atom. The molecule has 0 spiro atoms. The number of nitrogens with one attached hydrogen (secondary N) is 1. The van der Waals surface area contributed by atoms with Crippen LogP contribution in [0.4, 0.5) is 5.82 Å². The first-order valence-corrected chi connectivity index (χ1v) is 10.0. The Kier molecular flexibility index (Phi) is 6.66. The van der Waals surface area contributed by atoms with Gasteiger partial charge in [-0.2, -0.15) is 0 Å². The van der Waals surface area contributed by atoms with E-state index >= 15 is 0 Å². The van der Waals surface area contributed by atoms with E-state index in [2.05, 4.69) is 34.1 Å². The molecule has 7 nitrogen and oxygen atoms in total. The van der Waals surface area contributed by atoms with E-state index in [9.17, 15) is 9.59 Å². The lowest BCUT2D eigenvalue weighted by atomic mass is 9.96. The van der Waals surface area contributed by atoms with Crippen LogP contribution in [0.3, 0.4) is 0 Å². The highest BCUT2D eigenvalue weighted by Gasteiger charge is 2.29. The highest BCUT2D eigenvalue weighted by molar-refractivity contribution is 5.83. The first-order chi connectivity index (χ1) is 13.1. The molecule has 0 aromatic carbocycles. The van der Waals surface area contributed by atoms with Crippen molar-refractivity contribution in [3.05, 3.63) is 23.9 Å². The van der Waals surface area contributed by atoms with Gasteiger partial charge < -0.3 is 20.0 Å². The van der Waals surface area contributed by atoms with Crippen LogP contribution in [-0.2, 0) is 16.1 Å². The molecule has 2 amide bonds. The van der Waals surface area contributed by atoms with Gasteiger partial charge in [0, 0.05) is 64.0 Å². The van der Waals surface area contributed by atoms with Gasteiger partial charge in [-0.1, -0.05) is 13.0 Å². The average Bonchev–Trinajstić information content (AvgIpc) is 2.69. The Hall–Kier alpha value is -2.15. The Morgan fingerprint density at radius 3 is 2.81 bits per heavy atom. The van der Waals surface area contributed by atoms with Gasteiger partial charge in [-0.05, 0) is 26.0 Å². The van der Waals surface area contributed by atoms with E-state index in [1.807, 2.05) is 23.2 Å². The molecule has 7 heteroatoms. The smallest absolute Gasteiger partial charge is 0.225 e. The van der Waals surface area contributed by atoms with Crippen LogP contribution >= 0.6 is 0 Å². The molecule has 0 bridgehead atoms. The number of nitrogens with zero attached hydrogens (tertiary/aromatic N) is 4. The number of piperidine rings is 1. The number of likely N-dealkylation sites (N-methyl/N-ethyl adjacent to an activating group) is 1.